The van der Waals surface area contributed by atoms with Crippen LogP contribution in [0.1, 0.15) is 30.0 Å². The predicted molar refractivity (Wildman–Crippen MR) is 101 cm³/mol. The van der Waals surface area contributed by atoms with Gasteiger partial charge in [0.05, 0.1) is 0 Å². The Kier molecular flexibility index (Phi) is 4.61. The smallest absolute Gasteiger partial charge is 0.406 e. The van der Waals surface area contributed by atoms with Gasteiger partial charge in [-0.15, -0.1) is 13.2 Å². The average molecular weight is 386 g/mol. The van der Waals surface area contributed by atoms with Crippen LogP contribution >= 0.6 is 0 Å². The molecular formula is C23H18F4O. The van der Waals surface area contributed by atoms with E-state index in [4.69, 9.17) is 0 Å². The van der Waals surface area contributed by atoms with Gasteiger partial charge >= 0.3 is 6.36 Å². The van der Waals surface area contributed by atoms with E-state index in [1.54, 1.807) is 6.07 Å². The summed E-state index contributed by atoms with van der Waals surface area (Å²) in [7, 11) is 0. The summed E-state index contributed by atoms with van der Waals surface area (Å²) in [6.07, 6.45) is -1.94. The Labute approximate surface area is 160 Å². The molecule has 0 spiro atoms. The molecule has 4 rings (SSSR count). The van der Waals surface area contributed by atoms with E-state index in [1.165, 1.54) is 41.5 Å². The van der Waals surface area contributed by atoms with E-state index in [1.807, 2.05) is 0 Å². The van der Waals surface area contributed by atoms with Gasteiger partial charge in [-0.05, 0) is 70.5 Å². The number of ether oxygens (including phenoxy) is 1. The monoisotopic (exact) mass is 386 g/mol. The van der Waals surface area contributed by atoms with Crippen molar-refractivity contribution in [2.24, 2.45) is 0 Å². The zero-order chi connectivity index (χ0) is 19.9. The van der Waals surface area contributed by atoms with Crippen molar-refractivity contribution in [3.63, 3.8) is 0 Å². The standard InChI is InChI=1S/C23H18F4O/c1-2-3-14-4-9-19-16(10-14)11-17-12-21(22(24)13-20(17)19)15-5-7-18(8-6-15)28-23(25,26)27/h4-10,12-13H,2-3,11H2,1H3. The molecule has 0 N–H and O–H groups in total. The van der Waals surface area contributed by atoms with Crippen LogP contribution in [-0.4, -0.2) is 6.36 Å². The molecule has 1 aliphatic carbocycles. The molecule has 1 nitrogen and oxygen atoms in total. The van der Waals surface area contributed by atoms with Crippen molar-refractivity contribution in [2.45, 2.75) is 32.5 Å². The maximum atomic E-state index is 14.8. The van der Waals surface area contributed by atoms with Gasteiger partial charge in [0.1, 0.15) is 11.6 Å². The normalized spacial score (nSPS) is 12.6. The molecule has 0 saturated heterocycles. The van der Waals surface area contributed by atoms with E-state index in [0.717, 1.165) is 36.0 Å². The van der Waals surface area contributed by atoms with Crippen molar-refractivity contribution in [1.29, 1.82) is 0 Å². The molecule has 3 aromatic rings. The number of alkyl halides is 3. The van der Waals surface area contributed by atoms with E-state index in [-0.39, 0.29) is 5.75 Å². The van der Waals surface area contributed by atoms with Crippen LogP contribution < -0.4 is 4.74 Å². The number of rotatable bonds is 4. The molecule has 0 saturated carbocycles. The molecule has 0 aromatic heterocycles. The highest BCUT2D eigenvalue weighted by atomic mass is 19.4. The third-order valence-electron chi connectivity index (χ3n) is 4.97. The van der Waals surface area contributed by atoms with Crippen LogP contribution in [-0.2, 0) is 12.8 Å². The second-order valence-corrected chi connectivity index (χ2v) is 6.98. The molecule has 0 atom stereocenters. The van der Waals surface area contributed by atoms with Gasteiger partial charge in [-0.25, -0.2) is 4.39 Å². The van der Waals surface area contributed by atoms with Gasteiger partial charge < -0.3 is 4.74 Å². The average Bonchev–Trinajstić information content (AvgIpc) is 2.97. The molecule has 144 valence electrons. The minimum Gasteiger partial charge on any atom is -0.406 e. The maximum absolute atomic E-state index is 14.8. The SMILES string of the molecule is CCCc1ccc2c(c1)Cc1cc(-c3ccc(OC(F)(F)F)cc3)c(F)cc1-2. The van der Waals surface area contributed by atoms with Crippen LogP contribution in [0.25, 0.3) is 22.3 Å². The summed E-state index contributed by atoms with van der Waals surface area (Å²) in [6.45, 7) is 2.13. The first-order valence-corrected chi connectivity index (χ1v) is 9.15. The number of hydrogen-bond donors (Lipinski definition) is 0. The van der Waals surface area contributed by atoms with Gasteiger partial charge in [0.25, 0.3) is 0 Å². The molecule has 5 heteroatoms. The Bertz CT molecular complexity index is 1020. The largest absolute Gasteiger partial charge is 0.573 e. The Morgan fingerprint density at radius 2 is 1.57 bits per heavy atom. The zero-order valence-electron chi connectivity index (χ0n) is 15.2. The lowest BCUT2D eigenvalue weighted by molar-refractivity contribution is -0.274. The first-order chi connectivity index (χ1) is 13.3. The first kappa shape index (κ1) is 18.5. The van der Waals surface area contributed by atoms with Crippen LogP contribution in [0.5, 0.6) is 5.75 Å². The van der Waals surface area contributed by atoms with Crippen LogP contribution in [0.4, 0.5) is 17.6 Å². The Morgan fingerprint density at radius 1 is 0.857 bits per heavy atom. The molecule has 0 unspecified atom stereocenters. The fraction of sp³-hybridized carbons (Fsp3) is 0.217. The molecule has 0 amide bonds. The van der Waals surface area contributed by atoms with Gasteiger partial charge in [0.2, 0.25) is 0 Å². The fourth-order valence-electron chi connectivity index (χ4n) is 3.78. The summed E-state index contributed by atoms with van der Waals surface area (Å²) in [4.78, 5) is 0. The van der Waals surface area contributed by atoms with Crippen LogP contribution in [0.2, 0.25) is 0 Å². The van der Waals surface area contributed by atoms with Gasteiger partial charge in [-0.1, -0.05) is 43.7 Å². The lowest BCUT2D eigenvalue weighted by Gasteiger charge is -2.11. The second-order valence-electron chi connectivity index (χ2n) is 6.98. The summed E-state index contributed by atoms with van der Waals surface area (Å²) < 4.78 is 55.6. The van der Waals surface area contributed by atoms with Gasteiger partial charge in [-0.3, -0.25) is 0 Å². The van der Waals surface area contributed by atoms with Crippen molar-refractivity contribution in [2.75, 3.05) is 0 Å². The van der Waals surface area contributed by atoms with Crippen molar-refractivity contribution in [3.8, 4) is 28.0 Å². The quantitative estimate of drug-likeness (QED) is 0.346. The highest BCUT2D eigenvalue weighted by Gasteiger charge is 2.31. The van der Waals surface area contributed by atoms with Gasteiger partial charge in [-0.2, -0.15) is 0 Å². The zero-order valence-corrected chi connectivity index (χ0v) is 15.2. The van der Waals surface area contributed by atoms with Gasteiger partial charge in [0.15, 0.2) is 0 Å². The number of fused-ring (bicyclic) bond motifs is 3. The third-order valence-corrected chi connectivity index (χ3v) is 4.97. The van der Waals surface area contributed by atoms with E-state index >= 15 is 0 Å². The van der Waals surface area contributed by atoms with Crippen molar-refractivity contribution in [1.82, 2.24) is 0 Å². The van der Waals surface area contributed by atoms with Crippen molar-refractivity contribution in [3.05, 3.63) is 77.1 Å². The molecule has 0 bridgehead atoms. The Hall–Kier alpha value is -2.82. The predicted octanol–water partition coefficient (Wildman–Crippen LogP) is 6.92. The molecule has 0 heterocycles. The molecule has 3 aromatic carbocycles. The maximum Gasteiger partial charge on any atom is 0.573 e. The Balaban J connectivity index is 1.65. The van der Waals surface area contributed by atoms with E-state index in [9.17, 15) is 17.6 Å². The van der Waals surface area contributed by atoms with Gasteiger partial charge in [0, 0.05) is 5.56 Å². The number of halogens is 4. The van der Waals surface area contributed by atoms with E-state index in [2.05, 4.69) is 29.9 Å². The second kappa shape index (κ2) is 6.97. The number of aryl methyl sites for hydroxylation is 1. The highest BCUT2D eigenvalue weighted by molar-refractivity contribution is 5.81. The van der Waals surface area contributed by atoms with Crippen molar-refractivity contribution < 1.29 is 22.3 Å². The molecule has 0 aliphatic heterocycles. The summed E-state index contributed by atoms with van der Waals surface area (Å²) in [5.74, 6) is -0.720. The van der Waals surface area contributed by atoms with E-state index < -0.39 is 12.2 Å². The lowest BCUT2D eigenvalue weighted by atomic mass is 9.98. The highest BCUT2D eigenvalue weighted by Crippen LogP contribution is 2.40. The molecule has 0 fully saturated rings. The van der Waals surface area contributed by atoms with Crippen LogP contribution in [0, 0.1) is 5.82 Å². The minimum atomic E-state index is -4.75. The third kappa shape index (κ3) is 3.61. The van der Waals surface area contributed by atoms with Crippen LogP contribution in [0.15, 0.2) is 54.6 Å². The number of hydrogen-bond acceptors (Lipinski definition) is 1. The Morgan fingerprint density at radius 3 is 2.25 bits per heavy atom. The summed E-state index contributed by atoms with van der Waals surface area (Å²) >= 11 is 0. The fourth-order valence-corrected chi connectivity index (χ4v) is 3.78. The number of benzene rings is 3. The summed E-state index contributed by atoms with van der Waals surface area (Å²) in [5, 5.41) is 0. The first-order valence-electron chi connectivity index (χ1n) is 9.15. The summed E-state index contributed by atoms with van der Waals surface area (Å²) in [5.41, 5.74) is 6.30. The van der Waals surface area contributed by atoms with E-state index in [0.29, 0.717) is 11.1 Å². The van der Waals surface area contributed by atoms with Crippen molar-refractivity contribution >= 4 is 0 Å². The summed E-state index contributed by atoms with van der Waals surface area (Å²) in [6, 6.07) is 14.9. The molecular weight excluding hydrogens is 368 g/mol. The topological polar surface area (TPSA) is 9.23 Å². The molecule has 0 radical (unpaired) electrons. The molecule has 28 heavy (non-hydrogen) atoms. The minimum absolute atomic E-state index is 0.325. The molecule has 1 aliphatic rings. The lowest BCUT2D eigenvalue weighted by Crippen LogP contribution is -2.16. The van der Waals surface area contributed by atoms with Crippen LogP contribution in [0.3, 0.4) is 0 Å².